The first-order valence-corrected chi connectivity index (χ1v) is 8.01. The molecule has 4 nitrogen and oxygen atoms in total. The van der Waals surface area contributed by atoms with Crippen molar-refractivity contribution in [3.8, 4) is 0 Å². The topological polar surface area (TPSA) is 40.6 Å². The van der Waals surface area contributed by atoms with Crippen molar-refractivity contribution in [3.63, 3.8) is 0 Å². The van der Waals surface area contributed by atoms with E-state index in [4.69, 9.17) is 0 Å². The quantitative estimate of drug-likeness (QED) is 0.715. The second-order valence-corrected chi connectivity index (χ2v) is 7.74. The fourth-order valence-electron chi connectivity index (χ4n) is 2.71. The third-order valence-electron chi connectivity index (χ3n) is 3.54. The lowest BCUT2D eigenvalue weighted by Gasteiger charge is -2.29. The van der Waals surface area contributed by atoms with Gasteiger partial charge in [0.15, 0.2) is 0 Å². The molecule has 15 heavy (non-hydrogen) atoms. The molecule has 0 amide bonds. The minimum atomic E-state index is -3.12. The Morgan fingerprint density at radius 1 is 1.20 bits per heavy atom. The van der Waals surface area contributed by atoms with Crippen molar-refractivity contribution in [2.75, 3.05) is 25.4 Å². The van der Waals surface area contributed by atoms with Crippen LogP contribution in [0.1, 0.15) is 19.3 Å². The van der Waals surface area contributed by atoms with Crippen LogP contribution >= 0.6 is 11.8 Å². The van der Waals surface area contributed by atoms with Crippen molar-refractivity contribution < 1.29 is 8.42 Å². The van der Waals surface area contributed by atoms with Gasteiger partial charge in [0.25, 0.3) is 10.2 Å². The number of nitrogens with zero attached hydrogens (tertiary/aromatic N) is 2. The normalized spacial score (nSPS) is 37.9. The lowest BCUT2D eigenvalue weighted by molar-refractivity contribution is 0.357. The number of hydrogen-bond donors (Lipinski definition) is 0. The van der Waals surface area contributed by atoms with E-state index in [2.05, 4.69) is 0 Å². The van der Waals surface area contributed by atoms with Crippen LogP contribution in [0.4, 0.5) is 0 Å². The van der Waals surface area contributed by atoms with E-state index in [0.29, 0.717) is 5.25 Å². The van der Waals surface area contributed by atoms with E-state index in [0.717, 1.165) is 44.6 Å². The molecule has 2 unspecified atom stereocenters. The summed E-state index contributed by atoms with van der Waals surface area (Å²) >= 11 is 1.93. The summed E-state index contributed by atoms with van der Waals surface area (Å²) in [6.45, 7) is 2.20. The van der Waals surface area contributed by atoms with Crippen molar-refractivity contribution in [2.24, 2.45) is 0 Å². The summed E-state index contributed by atoms with van der Waals surface area (Å²) in [6.07, 6.45) is 3.11. The predicted molar refractivity (Wildman–Crippen MR) is 61.1 cm³/mol. The maximum atomic E-state index is 12.3. The number of hydrogen-bond acceptors (Lipinski definition) is 3. The van der Waals surface area contributed by atoms with Gasteiger partial charge in [-0.05, 0) is 19.3 Å². The van der Waals surface area contributed by atoms with Crippen LogP contribution in [-0.2, 0) is 10.2 Å². The minimum absolute atomic E-state index is 0.283. The van der Waals surface area contributed by atoms with Crippen LogP contribution < -0.4 is 0 Å². The van der Waals surface area contributed by atoms with Gasteiger partial charge in [-0.1, -0.05) is 0 Å². The molecular weight excluding hydrogens is 232 g/mol. The molecule has 0 radical (unpaired) electrons. The SMILES string of the molecule is O=S(=O)(N1CCCC1)N1CC2CC1CS2. The molecule has 3 aliphatic heterocycles. The van der Waals surface area contributed by atoms with Crippen molar-refractivity contribution in [1.82, 2.24) is 8.61 Å². The second kappa shape index (κ2) is 3.61. The lowest BCUT2D eigenvalue weighted by atomic mass is 10.3. The zero-order valence-corrected chi connectivity index (χ0v) is 10.3. The summed E-state index contributed by atoms with van der Waals surface area (Å²) in [7, 11) is -3.12. The Bertz CT molecular complexity index is 351. The molecule has 2 bridgehead atoms. The van der Waals surface area contributed by atoms with Crippen LogP contribution in [0.3, 0.4) is 0 Å². The summed E-state index contributed by atoms with van der Waals surface area (Å²) in [5, 5.41) is 0.562. The van der Waals surface area contributed by atoms with Gasteiger partial charge >= 0.3 is 0 Å². The second-order valence-electron chi connectivity index (χ2n) is 4.53. The molecule has 3 rings (SSSR count). The molecule has 3 heterocycles. The highest BCUT2D eigenvalue weighted by atomic mass is 32.2. The maximum absolute atomic E-state index is 12.3. The van der Waals surface area contributed by atoms with Gasteiger partial charge in [-0.3, -0.25) is 0 Å². The van der Waals surface area contributed by atoms with E-state index in [-0.39, 0.29) is 6.04 Å². The van der Waals surface area contributed by atoms with Crippen molar-refractivity contribution in [3.05, 3.63) is 0 Å². The first-order chi connectivity index (χ1) is 7.18. The average molecular weight is 248 g/mol. The van der Waals surface area contributed by atoms with E-state index in [1.165, 1.54) is 0 Å². The van der Waals surface area contributed by atoms with Gasteiger partial charge in [0.2, 0.25) is 0 Å². The lowest BCUT2D eigenvalue weighted by Crippen LogP contribution is -2.46. The molecule has 0 aromatic rings. The molecule has 3 fully saturated rings. The molecule has 86 valence electrons. The Morgan fingerprint density at radius 3 is 2.47 bits per heavy atom. The monoisotopic (exact) mass is 248 g/mol. The van der Waals surface area contributed by atoms with Crippen molar-refractivity contribution in [1.29, 1.82) is 0 Å². The summed E-state index contributed by atoms with van der Waals surface area (Å²) < 4.78 is 27.9. The number of fused-ring (bicyclic) bond motifs is 2. The Hall–Kier alpha value is 0.220. The van der Waals surface area contributed by atoms with Gasteiger partial charge < -0.3 is 0 Å². The van der Waals surface area contributed by atoms with E-state index in [9.17, 15) is 8.42 Å². The van der Waals surface area contributed by atoms with Gasteiger partial charge in [-0.15, -0.1) is 0 Å². The molecule has 0 aromatic carbocycles. The fraction of sp³-hybridized carbons (Fsp3) is 1.00. The Kier molecular flexibility index (Phi) is 2.50. The van der Waals surface area contributed by atoms with E-state index < -0.39 is 10.2 Å². The standard InChI is InChI=1S/C9H16N2O2S2/c12-15(13,10-3-1-2-4-10)11-6-9-5-8(11)7-14-9/h8-9H,1-7H2. The first kappa shape index (κ1) is 10.4. The molecular formula is C9H16N2O2S2. The van der Waals surface area contributed by atoms with Gasteiger partial charge in [-0.25, -0.2) is 0 Å². The third-order valence-corrected chi connectivity index (χ3v) is 6.99. The molecule has 0 aliphatic carbocycles. The fourth-order valence-corrected chi connectivity index (χ4v) is 6.26. The van der Waals surface area contributed by atoms with Crippen LogP contribution in [0.15, 0.2) is 0 Å². The van der Waals surface area contributed by atoms with Crippen LogP contribution in [0, 0.1) is 0 Å². The zero-order chi connectivity index (χ0) is 10.5. The van der Waals surface area contributed by atoms with Gasteiger partial charge in [0.1, 0.15) is 0 Å². The third kappa shape index (κ3) is 1.62. The van der Waals surface area contributed by atoms with Gasteiger partial charge in [-0.2, -0.15) is 28.8 Å². The Morgan fingerprint density at radius 2 is 1.93 bits per heavy atom. The summed E-state index contributed by atoms with van der Waals surface area (Å²) in [4.78, 5) is 0. The van der Waals surface area contributed by atoms with E-state index in [1.807, 2.05) is 11.8 Å². The number of rotatable bonds is 2. The van der Waals surface area contributed by atoms with E-state index in [1.54, 1.807) is 8.61 Å². The molecule has 2 atom stereocenters. The van der Waals surface area contributed by atoms with Gasteiger partial charge in [0, 0.05) is 36.7 Å². The number of thioether (sulfide) groups is 1. The predicted octanol–water partition coefficient (Wildman–Crippen LogP) is 0.517. The summed E-state index contributed by atoms with van der Waals surface area (Å²) in [5.41, 5.74) is 0. The summed E-state index contributed by atoms with van der Waals surface area (Å²) in [6, 6.07) is 0.283. The van der Waals surface area contributed by atoms with Crippen LogP contribution in [-0.4, -0.2) is 53.7 Å². The smallest absolute Gasteiger partial charge is 0.195 e. The van der Waals surface area contributed by atoms with Crippen molar-refractivity contribution in [2.45, 2.75) is 30.6 Å². The van der Waals surface area contributed by atoms with Crippen LogP contribution in [0.25, 0.3) is 0 Å². The molecule has 6 heteroatoms. The van der Waals surface area contributed by atoms with Crippen LogP contribution in [0.5, 0.6) is 0 Å². The van der Waals surface area contributed by atoms with E-state index >= 15 is 0 Å². The highest BCUT2D eigenvalue weighted by Crippen LogP contribution is 2.39. The highest BCUT2D eigenvalue weighted by molar-refractivity contribution is 8.00. The molecule has 0 N–H and O–H groups in total. The zero-order valence-electron chi connectivity index (χ0n) is 8.63. The molecule has 3 aliphatic rings. The molecule has 3 saturated heterocycles. The Balaban J connectivity index is 1.81. The maximum Gasteiger partial charge on any atom is 0.282 e. The first-order valence-electron chi connectivity index (χ1n) is 5.56. The van der Waals surface area contributed by atoms with Crippen molar-refractivity contribution >= 4 is 22.0 Å². The highest BCUT2D eigenvalue weighted by Gasteiger charge is 2.46. The summed E-state index contributed by atoms with van der Waals surface area (Å²) in [5.74, 6) is 0.998. The van der Waals surface area contributed by atoms with Crippen LogP contribution in [0.2, 0.25) is 0 Å². The average Bonchev–Trinajstić information content (AvgIpc) is 2.94. The Labute approximate surface area is 95.2 Å². The minimum Gasteiger partial charge on any atom is -0.195 e. The molecule has 0 spiro atoms. The van der Waals surface area contributed by atoms with Gasteiger partial charge in [0.05, 0.1) is 0 Å². The largest absolute Gasteiger partial charge is 0.282 e. The molecule has 0 aromatic heterocycles. The molecule has 0 saturated carbocycles.